The van der Waals surface area contributed by atoms with E-state index >= 15 is 13.2 Å². The van der Waals surface area contributed by atoms with Crippen molar-refractivity contribution in [1.29, 1.82) is 0 Å². The molecule has 2 aromatic carbocycles. The number of benzene rings is 2. The number of nitrogens with zero attached hydrogens (tertiary/aromatic N) is 7. The number of nitrogens with one attached hydrogen (secondary N) is 3. The van der Waals surface area contributed by atoms with Gasteiger partial charge in [-0.1, -0.05) is 12.8 Å². The molecule has 1 aliphatic carbocycles. The molecular formula is C41H45F3N10O7. The second-order valence-corrected chi connectivity index (χ2v) is 15.8. The van der Waals surface area contributed by atoms with E-state index in [1.165, 1.54) is 31.3 Å². The summed E-state index contributed by atoms with van der Waals surface area (Å²) >= 11 is 0. The maximum absolute atomic E-state index is 15.7. The number of hydrogen-bond acceptors (Lipinski definition) is 13. The molecular weight excluding hydrogens is 802 g/mol. The Bertz CT molecular complexity index is 2300. The van der Waals surface area contributed by atoms with Crippen molar-refractivity contribution in [1.82, 2.24) is 30.0 Å². The summed E-state index contributed by atoms with van der Waals surface area (Å²) in [5, 5.41) is 8.38. The zero-order valence-electron chi connectivity index (χ0n) is 33.6. The van der Waals surface area contributed by atoms with Crippen LogP contribution in [-0.4, -0.2) is 138 Å². The van der Waals surface area contributed by atoms with Crippen LogP contribution in [0, 0.1) is 5.82 Å². The Morgan fingerprint density at radius 1 is 0.984 bits per heavy atom. The van der Waals surface area contributed by atoms with Crippen molar-refractivity contribution >= 4 is 64.3 Å². The number of halogens is 3. The van der Waals surface area contributed by atoms with Crippen LogP contribution in [0.5, 0.6) is 5.75 Å². The summed E-state index contributed by atoms with van der Waals surface area (Å²) in [6.07, 6.45) is 5.20. The third-order valence-electron chi connectivity index (χ3n) is 12.0. The average molecular weight is 847 g/mol. The molecule has 4 aliphatic heterocycles. The lowest BCUT2D eigenvalue weighted by Crippen LogP contribution is -2.54. The summed E-state index contributed by atoms with van der Waals surface area (Å²) in [6.45, 7) is 2.23. The van der Waals surface area contributed by atoms with Gasteiger partial charge in [-0.15, -0.1) is 0 Å². The van der Waals surface area contributed by atoms with E-state index in [0.29, 0.717) is 64.2 Å². The Labute approximate surface area is 348 Å². The Balaban J connectivity index is 0.852. The summed E-state index contributed by atoms with van der Waals surface area (Å²) < 4.78 is 51.3. The van der Waals surface area contributed by atoms with E-state index in [9.17, 15) is 28.8 Å². The molecule has 2 saturated heterocycles. The highest BCUT2D eigenvalue weighted by atomic mass is 19.3. The van der Waals surface area contributed by atoms with Gasteiger partial charge in [0.2, 0.25) is 17.8 Å². The molecule has 3 aromatic rings. The van der Waals surface area contributed by atoms with Gasteiger partial charge in [-0.2, -0.15) is 13.8 Å². The van der Waals surface area contributed by atoms with Crippen LogP contribution in [0.15, 0.2) is 36.5 Å². The fourth-order valence-corrected chi connectivity index (χ4v) is 8.67. The van der Waals surface area contributed by atoms with Crippen LogP contribution < -0.4 is 30.5 Å². The third kappa shape index (κ3) is 8.03. The van der Waals surface area contributed by atoms with Crippen molar-refractivity contribution in [3.63, 3.8) is 0 Å². The predicted octanol–water partition coefficient (Wildman–Crippen LogP) is 3.39. The van der Waals surface area contributed by atoms with Crippen LogP contribution in [0.4, 0.5) is 42.0 Å². The molecule has 1 aromatic heterocycles. The van der Waals surface area contributed by atoms with E-state index < -0.39 is 59.8 Å². The highest BCUT2D eigenvalue weighted by Gasteiger charge is 2.49. The second-order valence-electron chi connectivity index (χ2n) is 15.8. The number of alkyl halides is 2. The second kappa shape index (κ2) is 16.6. The molecule has 1 saturated carbocycles. The monoisotopic (exact) mass is 846 g/mol. The molecule has 0 spiro atoms. The minimum Gasteiger partial charge on any atom is -0.495 e. The number of fused-ring (bicyclic) bond motifs is 2. The molecule has 0 bridgehead atoms. The van der Waals surface area contributed by atoms with Crippen molar-refractivity contribution in [3.8, 4) is 5.75 Å². The third-order valence-corrected chi connectivity index (χ3v) is 12.0. The molecule has 322 valence electrons. The van der Waals surface area contributed by atoms with Crippen molar-refractivity contribution in [2.24, 2.45) is 0 Å². The van der Waals surface area contributed by atoms with Crippen LogP contribution in [0.1, 0.15) is 76.0 Å². The van der Waals surface area contributed by atoms with Gasteiger partial charge in [0, 0.05) is 64.0 Å². The lowest BCUT2D eigenvalue weighted by molar-refractivity contribution is -0.140. The Kier molecular flexibility index (Phi) is 11.3. The van der Waals surface area contributed by atoms with E-state index in [4.69, 9.17) is 4.74 Å². The first-order valence-electron chi connectivity index (χ1n) is 20.3. The number of methoxy groups -OCH3 is 1. The first kappa shape index (κ1) is 41.4. The molecule has 5 aliphatic rings. The lowest BCUT2D eigenvalue weighted by atomic mass is 10.0. The molecule has 20 heteroatoms. The number of amides is 6. The highest BCUT2D eigenvalue weighted by molar-refractivity contribution is 6.23. The van der Waals surface area contributed by atoms with Gasteiger partial charge in [0.05, 0.1) is 42.2 Å². The Morgan fingerprint density at radius 3 is 2.44 bits per heavy atom. The predicted molar refractivity (Wildman–Crippen MR) is 215 cm³/mol. The quantitative estimate of drug-likeness (QED) is 0.188. The number of aromatic nitrogens is 2. The number of imide groups is 2. The van der Waals surface area contributed by atoms with Crippen LogP contribution in [0.25, 0.3) is 0 Å². The standard InChI is InChI=1S/C41H45F3N10O7/c1-50-31-21-46-40(49-34(31)53(24-6-3-4-7-24)22-41(43,44)39(50)60)47-29-20-28(42)27(19-32(29)61-2)36(57)52-16-14-51(15-17-52)13-5-12-45-23-8-9-25-26(18-23)38(59)54(37(25)58)30-10-11-33(55)48-35(30)56/h8-9,18-21,24,30,45H,3-7,10-17,22H2,1-2H3,(H,46,47,49)(H,48,55,56). The number of carbonyl (C=O) groups excluding carboxylic acids is 6. The summed E-state index contributed by atoms with van der Waals surface area (Å²) in [6, 6.07) is 5.96. The molecule has 5 heterocycles. The molecule has 3 N–H and O–H groups in total. The van der Waals surface area contributed by atoms with E-state index in [-0.39, 0.29) is 64.5 Å². The largest absolute Gasteiger partial charge is 0.495 e. The van der Waals surface area contributed by atoms with Crippen molar-refractivity contribution in [2.45, 2.75) is 63.0 Å². The van der Waals surface area contributed by atoms with Crippen molar-refractivity contribution in [3.05, 3.63) is 59.0 Å². The van der Waals surface area contributed by atoms with E-state index in [2.05, 4.69) is 30.8 Å². The van der Waals surface area contributed by atoms with Crippen LogP contribution in [0.2, 0.25) is 0 Å². The van der Waals surface area contributed by atoms with Crippen LogP contribution in [-0.2, 0) is 14.4 Å². The van der Waals surface area contributed by atoms with Gasteiger partial charge in [0.25, 0.3) is 23.6 Å². The lowest BCUT2D eigenvalue weighted by Gasteiger charge is -2.35. The van der Waals surface area contributed by atoms with E-state index in [1.807, 2.05) is 0 Å². The molecule has 3 fully saturated rings. The topological polar surface area (TPSA) is 190 Å². The van der Waals surface area contributed by atoms with Crippen LogP contribution >= 0.6 is 0 Å². The van der Waals surface area contributed by atoms with Crippen molar-refractivity contribution < 1.29 is 46.7 Å². The number of piperidine rings is 1. The van der Waals surface area contributed by atoms with Gasteiger partial charge in [0.1, 0.15) is 23.3 Å². The maximum atomic E-state index is 15.7. The first-order chi connectivity index (χ1) is 29.2. The minimum atomic E-state index is -3.64. The number of carbonyl (C=O) groups is 6. The molecule has 0 radical (unpaired) electrons. The summed E-state index contributed by atoms with van der Waals surface area (Å²) in [7, 11) is 2.62. The summed E-state index contributed by atoms with van der Waals surface area (Å²) in [5.74, 6) is -8.30. The number of ether oxygens (including phenoxy) is 1. The first-order valence-corrected chi connectivity index (χ1v) is 20.3. The number of rotatable bonds is 11. The smallest absolute Gasteiger partial charge is 0.342 e. The van der Waals surface area contributed by atoms with Crippen molar-refractivity contribution in [2.75, 3.05) is 80.4 Å². The normalized spacial score (nSPS) is 20.7. The van der Waals surface area contributed by atoms with Gasteiger partial charge in [-0.05, 0) is 56.5 Å². The van der Waals surface area contributed by atoms with Gasteiger partial charge in [-0.3, -0.25) is 43.9 Å². The number of anilines is 5. The SMILES string of the molecule is COc1cc(C(=O)N2CCN(CCCNc3ccc4c(c3)C(=O)N(C3CCC(=O)NC3=O)C4=O)CC2)c(F)cc1Nc1ncc2c(n1)N(C1CCCC1)CC(F)(F)C(=O)N2C. The Morgan fingerprint density at radius 2 is 1.72 bits per heavy atom. The van der Waals surface area contributed by atoms with Crippen LogP contribution in [0.3, 0.4) is 0 Å². The fourth-order valence-electron chi connectivity index (χ4n) is 8.67. The molecule has 61 heavy (non-hydrogen) atoms. The average Bonchev–Trinajstić information content (AvgIpc) is 3.86. The zero-order chi connectivity index (χ0) is 43.2. The van der Waals surface area contributed by atoms with E-state index in [1.54, 1.807) is 23.1 Å². The van der Waals surface area contributed by atoms with E-state index in [0.717, 1.165) is 28.7 Å². The fraction of sp³-hybridized carbons (Fsp3) is 0.463. The molecule has 8 rings (SSSR count). The maximum Gasteiger partial charge on any atom is 0.342 e. The molecule has 1 atom stereocenters. The number of hydrogen-bond donors (Lipinski definition) is 3. The summed E-state index contributed by atoms with van der Waals surface area (Å²) in [5.41, 5.74) is 1.08. The molecule has 6 amide bonds. The summed E-state index contributed by atoms with van der Waals surface area (Å²) in [4.78, 5) is 92.1. The zero-order valence-corrected chi connectivity index (χ0v) is 33.6. The highest BCUT2D eigenvalue weighted by Crippen LogP contribution is 2.40. The Hall–Kier alpha value is -6.31. The van der Waals surface area contributed by atoms with Gasteiger partial charge in [0.15, 0.2) is 5.82 Å². The molecule has 1 unspecified atom stereocenters. The van der Waals surface area contributed by atoms with Gasteiger partial charge >= 0.3 is 5.92 Å². The number of piperazine rings is 1. The van der Waals surface area contributed by atoms with Gasteiger partial charge in [-0.25, -0.2) is 9.37 Å². The molecule has 17 nitrogen and oxygen atoms in total. The minimum absolute atomic E-state index is 0.0341. The van der Waals surface area contributed by atoms with Gasteiger partial charge < -0.3 is 30.1 Å².